The van der Waals surface area contributed by atoms with Gasteiger partial charge >= 0.3 is 0 Å². The maximum absolute atomic E-state index is 12.2. The van der Waals surface area contributed by atoms with E-state index in [-0.39, 0.29) is 23.3 Å². The summed E-state index contributed by atoms with van der Waals surface area (Å²) in [4.78, 5) is 25.8. The van der Waals surface area contributed by atoms with E-state index in [9.17, 15) is 9.59 Å². The first-order chi connectivity index (χ1) is 11.0. The van der Waals surface area contributed by atoms with Gasteiger partial charge in [0.2, 0.25) is 11.8 Å². The van der Waals surface area contributed by atoms with Gasteiger partial charge in [0.25, 0.3) is 0 Å². The van der Waals surface area contributed by atoms with Crippen LogP contribution in [0.15, 0.2) is 24.3 Å². The van der Waals surface area contributed by atoms with E-state index >= 15 is 0 Å². The van der Waals surface area contributed by atoms with Crippen molar-refractivity contribution in [3.05, 3.63) is 29.8 Å². The fourth-order valence-corrected chi connectivity index (χ4v) is 4.11. The number of hydrogen-bond donors (Lipinski definition) is 2. The highest BCUT2D eigenvalue weighted by atomic mass is 16.2. The molecule has 5 nitrogen and oxygen atoms in total. The van der Waals surface area contributed by atoms with Crippen molar-refractivity contribution in [2.45, 2.75) is 44.1 Å². The molecule has 2 N–H and O–H groups in total. The molecule has 1 aromatic rings. The van der Waals surface area contributed by atoms with Crippen molar-refractivity contribution in [1.29, 1.82) is 0 Å². The molecule has 2 fully saturated rings. The molecule has 0 unspecified atom stereocenters. The monoisotopic (exact) mass is 315 g/mol. The van der Waals surface area contributed by atoms with Gasteiger partial charge in [-0.3, -0.25) is 9.59 Å². The molecule has 1 aromatic carbocycles. The van der Waals surface area contributed by atoms with Gasteiger partial charge in [-0.25, -0.2) is 0 Å². The lowest BCUT2D eigenvalue weighted by molar-refractivity contribution is -0.122. The number of likely N-dealkylation sites (N-methyl/N-ethyl adjacent to an activating group) is 1. The molecule has 23 heavy (non-hydrogen) atoms. The summed E-state index contributed by atoms with van der Waals surface area (Å²) in [5.74, 6) is 0.354. The number of carbonyl (C=O) groups excluding carboxylic acids is 2. The number of benzene rings is 1. The minimum Gasteiger partial charge on any atom is -0.349 e. The molecular weight excluding hydrogens is 290 g/mol. The second kappa shape index (κ2) is 6.32. The van der Waals surface area contributed by atoms with Crippen LogP contribution in [0.3, 0.4) is 0 Å². The second-order valence-electron chi connectivity index (χ2n) is 6.97. The largest absolute Gasteiger partial charge is 0.349 e. The van der Waals surface area contributed by atoms with Crippen LogP contribution in [0.2, 0.25) is 0 Å². The summed E-state index contributed by atoms with van der Waals surface area (Å²) in [6.45, 7) is 3.32. The van der Waals surface area contributed by atoms with Gasteiger partial charge in [0.1, 0.15) is 0 Å². The van der Waals surface area contributed by atoms with Crippen molar-refractivity contribution < 1.29 is 9.59 Å². The van der Waals surface area contributed by atoms with Gasteiger partial charge in [0.15, 0.2) is 0 Å². The Labute approximate surface area is 137 Å². The summed E-state index contributed by atoms with van der Waals surface area (Å²) in [5.41, 5.74) is 1.82. The van der Waals surface area contributed by atoms with E-state index in [4.69, 9.17) is 0 Å². The van der Waals surface area contributed by atoms with Gasteiger partial charge in [0.05, 0.1) is 5.54 Å². The molecule has 3 rings (SSSR count). The zero-order valence-corrected chi connectivity index (χ0v) is 13.9. The lowest BCUT2D eigenvalue weighted by Crippen LogP contribution is -2.52. The number of nitrogens with zero attached hydrogens (tertiary/aromatic N) is 1. The maximum Gasteiger partial charge on any atom is 0.221 e. The lowest BCUT2D eigenvalue weighted by atomic mass is 9.79. The van der Waals surface area contributed by atoms with Crippen molar-refractivity contribution in [2.75, 3.05) is 25.5 Å². The zero-order valence-electron chi connectivity index (χ0n) is 13.9. The molecule has 1 spiro atoms. The third-order valence-corrected chi connectivity index (χ3v) is 4.99. The predicted octanol–water partition coefficient (Wildman–Crippen LogP) is 2.10. The Morgan fingerprint density at radius 1 is 1.39 bits per heavy atom. The van der Waals surface area contributed by atoms with Crippen molar-refractivity contribution in [3.8, 4) is 0 Å². The Kier molecular flexibility index (Phi) is 4.39. The van der Waals surface area contributed by atoms with Gasteiger partial charge in [0, 0.05) is 38.0 Å². The van der Waals surface area contributed by atoms with Crippen molar-refractivity contribution in [2.24, 2.45) is 0 Å². The Morgan fingerprint density at radius 2 is 2.22 bits per heavy atom. The van der Waals surface area contributed by atoms with Crippen LogP contribution in [-0.2, 0) is 9.59 Å². The molecule has 0 aromatic heterocycles. The van der Waals surface area contributed by atoms with Crippen LogP contribution < -0.4 is 10.6 Å². The Balaban J connectivity index is 1.93. The Bertz CT molecular complexity index is 616. The molecule has 0 radical (unpaired) electrons. The molecule has 2 aliphatic heterocycles. The topological polar surface area (TPSA) is 61.4 Å². The summed E-state index contributed by atoms with van der Waals surface area (Å²) in [7, 11) is 2.11. The lowest BCUT2D eigenvalue weighted by Gasteiger charge is -2.35. The summed E-state index contributed by atoms with van der Waals surface area (Å²) in [6, 6.07) is 8.03. The predicted molar refractivity (Wildman–Crippen MR) is 90.3 cm³/mol. The number of nitrogens with one attached hydrogen (secondary N) is 2. The van der Waals surface area contributed by atoms with E-state index in [0.717, 1.165) is 38.0 Å². The van der Waals surface area contributed by atoms with E-state index in [0.29, 0.717) is 6.42 Å². The van der Waals surface area contributed by atoms with Crippen LogP contribution in [0.4, 0.5) is 5.69 Å². The zero-order chi connectivity index (χ0) is 16.4. The first-order valence-corrected chi connectivity index (χ1v) is 8.36. The Morgan fingerprint density at radius 3 is 3.00 bits per heavy atom. The van der Waals surface area contributed by atoms with Crippen LogP contribution in [0.5, 0.6) is 0 Å². The van der Waals surface area contributed by atoms with Crippen molar-refractivity contribution in [1.82, 2.24) is 10.2 Å². The molecule has 2 amide bonds. The number of anilines is 1. The Hall–Kier alpha value is -1.88. The van der Waals surface area contributed by atoms with E-state index < -0.39 is 0 Å². The highest BCUT2D eigenvalue weighted by Crippen LogP contribution is 2.40. The van der Waals surface area contributed by atoms with Gasteiger partial charge < -0.3 is 15.5 Å². The van der Waals surface area contributed by atoms with E-state index in [1.165, 1.54) is 12.5 Å². The summed E-state index contributed by atoms with van der Waals surface area (Å²) in [6.07, 6.45) is 3.69. The normalized spacial score (nSPS) is 28.4. The smallest absolute Gasteiger partial charge is 0.221 e. The highest BCUT2D eigenvalue weighted by molar-refractivity contribution is 5.88. The molecule has 2 aliphatic rings. The van der Waals surface area contributed by atoms with Crippen LogP contribution in [0.1, 0.15) is 44.1 Å². The number of hydrogen-bond acceptors (Lipinski definition) is 3. The van der Waals surface area contributed by atoms with Gasteiger partial charge in [-0.2, -0.15) is 0 Å². The third-order valence-electron chi connectivity index (χ3n) is 4.99. The molecule has 0 bridgehead atoms. The first-order valence-electron chi connectivity index (χ1n) is 8.36. The van der Waals surface area contributed by atoms with Gasteiger partial charge in [-0.05, 0) is 37.6 Å². The molecule has 2 atom stereocenters. The average Bonchev–Trinajstić information content (AvgIpc) is 2.67. The van der Waals surface area contributed by atoms with Gasteiger partial charge in [-0.1, -0.05) is 18.6 Å². The fraction of sp³-hybridized carbons (Fsp3) is 0.556. The quantitative estimate of drug-likeness (QED) is 0.878. The van der Waals surface area contributed by atoms with Gasteiger partial charge in [-0.15, -0.1) is 0 Å². The van der Waals surface area contributed by atoms with Crippen LogP contribution in [0, 0.1) is 0 Å². The third kappa shape index (κ3) is 3.39. The van der Waals surface area contributed by atoms with Crippen molar-refractivity contribution >= 4 is 17.5 Å². The number of likely N-dealkylation sites (tertiary alicyclic amines) is 1. The minimum absolute atomic E-state index is 0.0665. The van der Waals surface area contributed by atoms with E-state index in [1.54, 1.807) is 0 Å². The average molecular weight is 315 g/mol. The van der Waals surface area contributed by atoms with E-state index in [1.807, 2.05) is 18.2 Å². The summed E-state index contributed by atoms with van der Waals surface area (Å²) >= 11 is 0. The van der Waals surface area contributed by atoms with E-state index in [2.05, 4.69) is 28.6 Å². The number of carbonyl (C=O) groups is 2. The van der Waals surface area contributed by atoms with Crippen LogP contribution in [-0.4, -0.2) is 42.4 Å². The maximum atomic E-state index is 12.2. The summed E-state index contributed by atoms with van der Waals surface area (Å²) < 4.78 is 0. The second-order valence-corrected chi connectivity index (χ2v) is 6.97. The fourth-order valence-electron chi connectivity index (χ4n) is 4.11. The molecule has 0 aliphatic carbocycles. The van der Waals surface area contributed by atoms with Crippen molar-refractivity contribution in [3.63, 3.8) is 0 Å². The standard InChI is InChI=1S/C18H25N3O2/c1-13(22)19-15-7-5-6-14(10-15)16-11-21(2)12-18(16)9-4-3-8-17(23)20-18/h5-7,10,16H,3-4,8-9,11-12H2,1-2H3,(H,19,22)(H,20,23)/t16-,18+/m0/s1. The number of rotatable bonds is 2. The summed E-state index contributed by atoms with van der Waals surface area (Å²) in [5, 5.41) is 6.18. The molecule has 2 saturated heterocycles. The molecular formula is C18H25N3O2. The molecule has 124 valence electrons. The number of amides is 2. The molecule has 2 heterocycles. The molecule has 0 saturated carbocycles. The highest BCUT2D eigenvalue weighted by Gasteiger charge is 2.47. The minimum atomic E-state index is -0.183. The van der Waals surface area contributed by atoms with Crippen LogP contribution in [0.25, 0.3) is 0 Å². The SMILES string of the molecule is CC(=O)Nc1cccc([C@@H]2CN(C)C[C@]23CCCCC(=O)N3)c1. The van der Waals surface area contributed by atoms with Crippen LogP contribution >= 0.6 is 0 Å². The first kappa shape index (κ1) is 16.0. The molecule has 5 heteroatoms.